The molecule has 0 bridgehead atoms. The lowest BCUT2D eigenvalue weighted by molar-refractivity contribution is 0.457. The van der Waals surface area contributed by atoms with E-state index >= 15 is 0 Å². The zero-order valence-corrected chi connectivity index (χ0v) is 17.4. The van der Waals surface area contributed by atoms with E-state index in [9.17, 15) is 9.50 Å². The molecule has 6 rings (SSSR count). The molecule has 32 heavy (non-hydrogen) atoms. The Labute approximate surface area is 187 Å². The second kappa shape index (κ2) is 7.04. The van der Waals surface area contributed by atoms with E-state index in [2.05, 4.69) is 4.98 Å². The van der Waals surface area contributed by atoms with Crippen molar-refractivity contribution in [3.05, 3.63) is 99.9 Å². The predicted molar refractivity (Wildman–Crippen MR) is 124 cm³/mol. The van der Waals surface area contributed by atoms with Gasteiger partial charge in [0.05, 0.1) is 22.1 Å². The molecule has 0 saturated carbocycles. The Kier molecular flexibility index (Phi) is 4.13. The van der Waals surface area contributed by atoms with Gasteiger partial charge in [0.15, 0.2) is 5.88 Å². The first-order chi connectivity index (χ1) is 15.6. The van der Waals surface area contributed by atoms with Gasteiger partial charge in [-0.15, -0.1) is 0 Å². The first-order valence-corrected chi connectivity index (χ1v) is 10.4. The van der Waals surface area contributed by atoms with Crippen LogP contribution in [0.3, 0.4) is 0 Å². The van der Waals surface area contributed by atoms with E-state index in [4.69, 9.17) is 21.6 Å². The van der Waals surface area contributed by atoms with Crippen LogP contribution in [0, 0.1) is 5.82 Å². The van der Waals surface area contributed by atoms with Crippen molar-refractivity contribution in [2.24, 2.45) is 4.99 Å². The van der Waals surface area contributed by atoms with Crippen molar-refractivity contribution in [2.45, 2.75) is 0 Å². The van der Waals surface area contributed by atoms with Gasteiger partial charge in [-0.25, -0.2) is 14.4 Å². The first kappa shape index (κ1) is 18.8. The van der Waals surface area contributed by atoms with E-state index < -0.39 is 0 Å². The van der Waals surface area contributed by atoms with Gasteiger partial charge < -0.3 is 10.1 Å². The Morgan fingerprint density at radius 2 is 1.75 bits per heavy atom. The fourth-order valence-corrected chi connectivity index (χ4v) is 4.32. The van der Waals surface area contributed by atoms with Crippen LogP contribution in [0.15, 0.2) is 77.8 Å². The zero-order chi connectivity index (χ0) is 21.8. The highest BCUT2D eigenvalue weighted by molar-refractivity contribution is 6.31. The van der Waals surface area contributed by atoms with Crippen molar-refractivity contribution in [1.82, 2.24) is 9.97 Å². The maximum atomic E-state index is 13.6. The molecular weight excluding hydrogens is 425 g/mol. The van der Waals surface area contributed by atoms with Crippen LogP contribution in [-0.2, 0) is 0 Å². The highest BCUT2D eigenvalue weighted by atomic mass is 35.5. The molecule has 3 heterocycles. The van der Waals surface area contributed by atoms with Crippen LogP contribution >= 0.6 is 11.6 Å². The molecule has 154 valence electrons. The molecule has 2 N–H and O–H groups in total. The molecule has 0 amide bonds. The Morgan fingerprint density at radius 3 is 2.59 bits per heavy atom. The molecule has 6 heteroatoms. The van der Waals surface area contributed by atoms with Gasteiger partial charge in [-0.2, -0.15) is 0 Å². The number of rotatable bonds is 2. The molecule has 1 aliphatic heterocycles. The molecule has 5 aromatic rings. The molecule has 0 saturated heterocycles. The van der Waals surface area contributed by atoms with Gasteiger partial charge in [-0.3, -0.25) is 0 Å². The second-order valence-corrected chi connectivity index (χ2v) is 8.09. The number of benzene rings is 3. The van der Waals surface area contributed by atoms with E-state index in [-0.39, 0.29) is 11.7 Å². The SMILES string of the molecule is Oc1[nH]c2ccc(Cl)cc2c1/C=c1/cc2c(c(-c3ccc(F)cc3)n1)=Nc1ccccc1-2. The fraction of sp³-hybridized carbons (Fsp3) is 0. The lowest BCUT2D eigenvalue weighted by Crippen LogP contribution is -2.19. The van der Waals surface area contributed by atoms with Crippen LogP contribution in [0.5, 0.6) is 5.88 Å². The Bertz CT molecular complexity index is 1660. The number of pyridine rings is 1. The predicted octanol–water partition coefficient (Wildman–Crippen LogP) is 5.49. The molecule has 0 unspecified atom stereocenters. The monoisotopic (exact) mass is 439 g/mol. The normalized spacial score (nSPS) is 12.6. The topological polar surface area (TPSA) is 61.3 Å². The minimum Gasteiger partial charge on any atom is -0.494 e. The number of para-hydroxylation sites is 1. The van der Waals surface area contributed by atoms with E-state index in [1.54, 1.807) is 24.3 Å². The zero-order valence-electron chi connectivity index (χ0n) is 16.6. The summed E-state index contributed by atoms with van der Waals surface area (Å²) < 4.78 is 13.6. The first-order valence-electron chi connectivity index (χ1n) is 10.0. The van der Waals surface area contributed by atoms with Gasteiger partial charge >= 0.3 is 0 Å². The summed E-state index contributed by atoms with van der Waals surface area (Å²) in [6.45, 7) is 0. The quantitative estimate of drug-likeness (QED) is 0.375. The van der Waals surface area contributed by atoms with Crippen LogP contribution in [0.2, 0.25) is 5.02 Å². The largest absolute Gasteiger partial charge is 0.494 e. The third-order valence-corrected chi connectivity index (χ3v) is 5.86. The highest BCUT2D eigenvalue weighted by Gasteiger charge is 2.18. The molecule has 2 aromatic heterocycles. The van der Waals surface area contributed by atoms with E-state index in [1.807, 2.05) is 42.5 Å². The van der Waals surface area contributed by atoms with Gasteiger partial charge in [-0.05, 0) is 60.7 Å². The van der Waals surface area contributed by atoms with Crippen LogP contribution in [-0.4, -0.2) is 15.1 Å². The molecule has 3 aromatic carbocycles. The van der Waals surface area contributed by atoms with Gasteiger partial charge in [0, 0.05) is 38.2 Å². The lowest BCUT2D eigenvalue weighted by atomic mass is 10.0. The average molecular weight is 440 g/mol. The van der Waals surface area contributed by atoms with Crippen molar-refractivity contribution in [1.29, 1.82) is 0 Å². The van der Waals surface area contributed by atoms with E-state index in [0.29, 0.717) is 21.6 Å². The maximum absolute atomic E-state index is 13.6. The van der Waals surface area contributed by atoms with Crippen LogP contribution in [0.25, 0.3) is 39.4 Å². The van der Waals surface area contributed by atoms with Crippen molar-refractivity contribution in [3.63, 3.8) is 0 Å². The molecule has 0 atom stereocenters. The van der Waals surface area contributed by atoms with Crippen LogP contribution in [0.1, 0.15) is 5.56 Å². The van der Waals surface area contributed by atoms with E-state index in [1.165, 1.54) is 12.1 Å². The van der Waals surface area contributed by atoms with Gasteiger partial charge in [0.25, 0.3) is 0 Å². The van der Waals surface area contributed by atoms with Crippen LogP contribution in [0.4, 0.5) is 10.1 Å². The smallest absolute Gasteiger partial charge is 0.196 e. The summed E-state index contributed by atoms with van der Waals surface area (Å²) >= 11 is 6.19. The molecule has 0 radical (unpaired) electrons. The number of aromatic amines is 1. The van der Waals surface area contributed by atoms with Gasteiger partial charge in [-0.1, -0.05) is 29.8 Å². The Morgan fingerprint density at radius 1 is 0.938 bits per heavy atom. The summed E-state index contributed by atoms with van der Waals surface area (Å²) in [6, 6.07) is 21.5. The number of fused-ring (bicyclic) bond motifs is 4. The minimum absolute atomic E-state index is 0.0398. The summed E-state index contributed by atoms with van der Waals surface area (Å²) in [7, 11) is 0. The Hall–Kier alpha value is -3.96. The summed E-state index contributed by atoms with van der Waals surface area (Å²) in [4.78, 5) is 12.6. The number of hydrogen-bond acceptors (Lipinski definition) is 3. The van der Waals surface area contributed by atoms with Crippen molar-refractivity contribution < 1.29 is 9.50 Å². The average Bonchev–Trinajstić information content (AvgIpc) is 3.31. The van der Waals surface area contributed by atoms with Crippen LogP contribution < -0.4 is 10.7 Å². The van der Waals surface area contributed by atoms with E-state index in [0.717, 1.165) is 38.6 Å². The van der Waals surface area contributed by atoms with Gasteiger partial charge in [0.2, 0.25) is 0 Å². The molecular formula is C26H15ClFN3O. The summed E-state index contributed by atoms with van der Waals surface area (Å²) in [5.74, 6) is -0.271. The van der Waals surface area contributed by atoms with Crippen molar-refractivity contribution in [2.75, 3.05) is 0 Å². The number of nitrogens with zero attached hydrogens (tertiary/aromatic N) is 2. The van der Waals surface area contributed by atoms with Crippen molar-refractivity contribution in [3.8, 4) is 28.3 Å². The molecule has 0 fully saturated rings. The number of hydrogen-bond donors (Lipinski definition) is 2. The number of H-pyrrole nitrogens is 1. The van der Waals surface area contributed by atoms with Gasteiger partial charge in [0.1, 0.15) is 5.82 Å². The number of nitrogens with one attached hydrogen (secondary N) is 1. The highest BCUT2D eigenvalue weighted by Crippen LogP contribution is 2.33. The maximum Gasteiger partial charge on any atom is 0.196 e. The Balaban J connectivity index is 1.66. The molecule has 4 nitrogen and oxygen atoms in total. The number of halogens is 2. The van der Waals surface area contributed by atoms with Crippen molar-refractivity contribution >= 4 is 34.3 Å². The minimum atomic E-state index is -0.311. The third kappa shape index (κ3) is 2.98. The molecule has 0 spiro atoms. The molecule has 0 aliphatic carbocycles. The summed E-state index contributed by atoms with van der Waals surface area (Å²) in [5, 5.41) is 13.3. The second-order valence-electron chi connectivity index (χ2n) is 7.65. The molecule has 1 aliphatic rings. The number of aromatic nitrogens is 2. The fourth-order valence-electron chi connectivity index (χ4n) is 4.14. The lowest BCUT2D eigenvalue weighted by Gasteiger charge is -2.05. The summed E-state index contributed by atoms with van der Waals surface area (Å²) in [5.41, 5.74) is 5.61. The third-order valence-electron chi connectivity index (χ3n) is 5.63. The standard InChI is InChI=1S/C26H15ClFN3O/c27-15-7-10-23-19(11-15)21(26(32)31-23)13-17-12-20-18-3-1-2-4-22(18)30-25(20)24(29-17)14-5-8-16(28)9-6-14/h1-13,31-32H/b17-13-. The number of aromatic hydroxyl groups is 1. The summed E-state index contributed by atoms with van der Waals surface area (Å²) in [6.07, 6.45) is 1.82.